The molecular formula is C17H24. The van der Waals surface area contributed by atoms with Gasteiger partial charge >= 0.3 is 0 Å². The third kappa shape index (κ3) is 3.89. The number of hydrogen-bond donors (Lipinski definition) is 0. The normalized spacial score (nSPS) is 11.8. The van der Waals surface area contributed by atoms with Crippen LogP contribution in [0.2, 0.25) is 0 Å². The highest BCUT2D eigenvalue weighted by Gasteiger charge is 2.00. The van der Waals surface area contributed by atoms with Gasteiger partial charge in [0.1, 0.15) is 0 Å². The van der Waals surface area contributed by atoms with Gasteiger partial charge in [0.25, 0.3) is 0 Å². The summed E-state index contributed by atoms with van der Waals surface area (Å²) in [5, 5.41) is 0. The maximum atomic E-state index is 2.26. The van der Waals surface area contributed by atoms with Crippen molar-refractivity contribution >= 4 is 5.57 Å². The predicted octanol–water partition coefficient (Wildman–Crippen LogP) is 5.57. The van der Waals surface area contributed by atoms with Gasteiger partial charge in [-0.15, -0.1) is 0 Å². The highest BCUT2D eigenvalue weighted by atomic mass is 14.1. The predicted molar refractivity (Wildman–Crippen MR) is 78.2 cm³/mol. The summed E-state index contributed by atoms with van der Waals surface area (Å²) in [5.74, 6) is 0.604. The Morgan fingerprint density at radius 1 is 0.941 bits per heavy atom. The van der Waals surface area contributed by atoms with Gasteiger partial charge in [-0.05, 0) is 50.3 Å². The standard InChI is InChI=1S/C17H24/c1-12(2)14(5)11-15(6)17-9-7-16(8-10-17)13(3)4/h7-11,13H,1-6H3/b15-11+. The van der Waals surface area contributed by atoms with Crippen LogP contribution in [0.1, 0.15) is 58.6 Å². The third-order valence-electron chi connectivity index (χ3n) is 3.25. The van der Waals surface area contributed by atoms with E-state index in [4.69, 9.17) is 0 Å². The van der Waals surface area contributed by atoms with Crippen LogP contribution in [0.4, 0.5) is 0 Å². The van der Waals surface area contributed by atoms with Crippen molar-refractivity contribution in [3.05, 3.63) is 52.6 Å². The molecule has 17 heavy (non-hydrogen) atoms. The molecule has 1 rings (SSSR count). The molecule has 92 valence electrons. The van der Waals surface area contributed by atoms with Crippen LogP contribution < -0.4 is 0 Å². The molecule has 0 amide bonds. The van der Waals surface area contributed by atoms with E-state index in [1.165, 1.54) is 27.8 Å². The lowest BCUT2D eigenvalue weighted by Crippen LogP contribution is -1.88. The third-order valence-corrected chi connectivity index (χ3v) is 3.25. The Labute approximate surface area is 106 Å². The summed E-state index contributed by atoms with van der Waals surface area (Å²) >= 11 is 0. The maximum absolute atomic E-state index is 2.26. The average molecular weight is 228 g/mol. The summed E-state index contributed by atoms with van der Waals surface area (Å²) in [4.78, 5) is 0. The summed E-state index contributed by atoms with van der Waals surface area (Å²) in [6.45, 7) is 13.1. The van der Waals surface area contributed by atoms with E-state index in [1.54, 1.807) is 0 Å². The summed E-state index contributed by atoms with van der Waals surface area (Å²) in [7, 11) is 0. The second kappa shape index (κ2) is 5.86. The van der Waals surface area contributed by atoms with Crippen molar-refractivity contribution in [2.45, 2.75) is 47.5 Å². The van der Waals surface area contributed by atoms with Crippen molar-refractivity contribution in [1.82, 2.24) is 0 Å². The molecule has 0 N–H and O–H groups in total. The smallest absolute Gasteiger partial charge is 0.0219 e. The number of benzene rings is 1. The van der Waals surface area contributed by atoms with Crippen LogP contribution in [0.5, 0.6) is 0 Å². The van der Waals surface area contributed by atoms with E-state index in [2.05, 4.69) is 71.9 Å². The molecule has 0 radical (unpaired) electrons. The van der Waals surface area contributed by atoms with Crippen LogP contribution in [-0.2, 0) is 0 Å². The zero-order valence-corrected chi connectivity index (χ0v) is 12.0. The molecular weight excluding hydrogens is 204 g/mol. The van der Waals surface area contributed by atoms with Gasteiger partial charge < -0.3 is 0 Å². The summed E-state index contributed by atoms with van der Waals surface area (Å²) in [5.41, 5.74) is 6.79. The molecule has 0 atom stereocenters. The Hall–Kier alpha value is -1.30. The van der Waals surface area contributed by atoms with Crippen LogP contribution in [0.3, 0.4) is 0 Å². The van der Waals surface area contributed by atoms with Gasteiger partial charge in [-0.3, -0.25) is 0 Å². The van der Waals surface area contributed by atoms with Crippen LogP contribution in [0, 0.1) is 0 Å². The molecule has 0 saturated heterocycles. The van der Waals surface area contributed by atoms with E-state index >= 15 is 0 Å². The average Bonchev–Trinajstić information content (AvgIpc) is 2.28. The van der Waals surface area contributed by atoms with E-state index in [1.807, 2.05) is 0 Å². The fourth-order valence-corrected chi connectivity index (χ4v) is 1.68. The molecule has 0 aromatic heterocycles. The lowest BCUT2D eigenvalue weighted by Gasteiger charge is -2.08. The minimum atomic E-state index is 0.604. The molecule has 1 aromatic carbocycles. The molecule has 0 spiro atoms. The zero-order valence-electron chi connectivity index (χ0n) is 12.0. The molecule has 0 heteroatoms. The first kappa shape index (κ1) is 13.8. The molecule has 0 fully saturated rings. The fourth-order valence-electron chi connectivity index (χ4n) is 1.68. The summed E-state index contributed by atoms with van der Waals surface area (Å²) < 4.78 is 0. The van der Waals surface area contributed by atoms with E-state index in [0.29, 0.717) is 5.92 Å². The molecule has 0 heterocycles. The molecule has 0 aliphatic rings. The lowest BCUT2D eigenvalue weighted by molar-refractivity contribution is 0.866. The Bertz CT molecular complexity index is 424. The Morgan fingerprint density at radius 3 is 1.88 bits per heavy atom. The summed E-state index contributed by atoms with van der Waals surface area (Å²) in [6, 6.07) is 8.91. The first-order valence-electron chi connectivity index (χ1n) is 6.34. The van der Waals surface area contributed by atoms with Crippen molar-refractivity contribution < 1.29 is 0 Å². The highest BCUT2D eigenvalue weighted by molar-refractivity contribution is 5.66. The van der Waals surface area contributed by atoms with Gasteiger partial charge in [-0.2, -0.15) is 0 Å². The molecule has 1 aromatic rings. The Balaban J connectivity index is 2.98. The molecule has 0 unspecified atom stereocenters. The van der Waals surface area contributed by atoms with Gasteiger partial charge in [0.15, 0.2) is 0 Å². The van der Waals surface area contributed by atoms with E-state index in [0.717, 1.165) is 0 Å². The van der Waals surface area contributed by atoms with Crippen molar-refractivity contribution in [3.63, 3.8) is 0 Å². The number of allylic oxidation sites excluding steroid dienone is 4. The first-order valence-corrected chi connectivity index (χ1v) is 6.34. The molecule has 0 saturated carbocycles. The minimum absolute atomic E-state index is 0.604. The molecule has 0 aliphatic heterocycles. The fraction of sp³-hybridized carbons (Fsp3) is 0.412. The topological polar surface area (TPSA) is 0 Å². The van der Waals surface area contributed by atoms with E-state index < -0.39 is 0 Å². The SMILES string of the molecule is CC(C)=C(C)/C=C(\C)c1ccc(C(C)C)cc1. The van der Waals surface area contributed by atoms with Crippen LogP contribution in [0.15, 0.2) is 41.5 Å². The van der Waals surface area contributed by atoms with Crippen molar-refractivity contribution in [2.75, 3.05) is 0 Å². The quantitative estimate of drug-likeness (QED) is 0.593. The number of hydrogen-bond acceptors (Lipinski definition) is 0. The number of rotatable bonds is 3. The van der Waals surface area contributed by atoms with Gasteiger partial charge in [0.05, 0.1) is 0 Å². The monoisotopic (exact) mass is 228 g/mol. The second-order valence-corrected chi connectivity index (χ2v) is 5.29. The molecule has 0 bridgehead atoms. The van der Waals surface area contributed by atoms with Crippen molar-refractivity contribution in [3.8, 4) is 0 Å². The molecule has 0 aliphatic carbocycles. The molecule has 0 nitrogen and oxygen atoms in total. The Kier molecular flexibility index (Phi) is 4.74. The van der Waals surface area contributed by atoms with Gasteiger partial charge in [-0.25, -0.2) is 0 Å². The maximum Gasteiger partial charge on any atom is -0.0219 e. The highest BCUT2D eigenvalue weighted by Crippen LogP contribution is 2.20. The Morgan fingerprint density at radius 2 is 1.47 bits per heavy atom. The van der Waals surface area contributed by atoms with E-state index in [9.17, 15) is 0 Å². The largest absolute Gasteiger partial charge is 0.0735 e. The van der Waals surface area contributed by atoms with Crippen molar-refractivity contribution in [2.24, 2.45) is 0 Å². The first-order chi connectivity index (χ1) is 7.91. The summed E-state index contributed by atoms with van der Waals surface area (Å²) in [6.07, 6.45) is 2.26. The van der Waals surface area contributed by atoms with Gasteiger partial charge in [-0.1, -0.05) is 55.3 Å². The van der Waals surface area contributed by atoms with Crippen LogP contribution >= 0.6 is 0 Å². The minimum Gasteiger partial charge on any atom is -0.0735 e. The van der Waals surface area contributed by atoms with Crippen molar-refractivity contribution in [1.29, 1.82) is 0 Å². The van der Waals surface area contributed by atoms with Crippen LogP contribution in [0.25, 0.3) is 5.57 Å². The van der Waals surface area contributed by atoms with Gasteiger partial charge in [0.2, 0.25) is 0 Å². The van der Waals surface area contributed by atoms with E-state index in [-0.39, 0.29) is 0 Å². The van der Waals surface area contributed by atoms with Gasteiger partial charge in [0, 0.05) is 0 Å². The lowest BCUT2D eigenvalue weighted by atomic mass is 9.98. The van der Waals surface area contributed by atoms with Crippen LogP contribution in [-0.4, -0.2) is 0 Å². The zero-order chi connectivity index (χ0) is 13.0. The second-order valence-electron chi connectivity index (χ2n) is 5.29.